The molecule has 14 heavy (non-hydrogen) atoms. The molecule has 2 heteroatoms. The lowest BCUT2D eigenvalue weighted by Crippen LogP contribution is -2.45. The Kier molecular flexibility index (Phi) is 3.82. The van der Waals surface area contributed by atoms with Gasteiger partial charge in [-0.3, -0.25) is 0 Å². The van der Waals surface area contributed by atoms with Crippen molar-refractivity contribution in [1.29, 1.82) is 0 Å². The Morgan fingerprint density at radius 2 is 2.07 bits per heavy atom. The van der Waals surface area contributed by atoms with Crippen molar-refractivity contribution in [3.05, 3.63) is 0 Å². The predicted molar refractivity (Wildman–Crippen MR) is 60.5 cm³/mol. The Bertz CT molecular complexity index is 160. The highest BCUT2D eigenvalue weighted by Crippen LogP contribution is 2.20. The molecule has 2 rings (SSSR count). The molecule has 1 heterocycles. The highest BCUT2D eigenvalue weighted by atomic mass is 15.0. The smallest absolute Gasteiger partial charge is 0.00817 e. The lowest BCUT2D eigenvalue weighted by molar-refractivity contribution is 0.277. The van der Waals surface area contributed by atoms with E-state index in [1.807, 2.05) is 0 Å². The molecule has 1 saturated carbocycles. The number of hydrogen-bond donors (Lipinski definition) is 2. The first-order valence-electron chi connectivity index (χ1n) is 6.34. The summed E-state index contributed by atoms with van der Waals surface area (Å²) >= 11 is 0. The average Bonchev–Trinajstić information content (AvgIpc) is 2.13. The highest BCUT2D eigenvalue weighted by molar-refractivity contribution is 4.82. The van der Waals surface area contributed by atoms with E-state index in [1.165, 1.54) is 51.5 Å². The molecule has 2 N–H and O–H groups in total. The molecular formula is C12H24N2. The average molecular weight is 196 g/mol. The molecule has 2 atom stereocenters. The van der Waals surface area contributed by atoms with E-state index in [4.69, 9.17) is 0 Å². The van der Waals surface area contributed by atoms with Crippen LogP contribution in [0.1, 0.15) is 51.9 Å². The Balaban J connectivity index is 1.62. The molecule has 1 aliphatic heterocycles. The molecular weight excluding hydrogens is 172 g/mol. The van der Waals surface area contributed by atoms with Crippen LogP contribution in [0, 0.1) is 0 Å². The molecule has 82 valence electrons. The molecule has 2 nitrogen and oxygen atoms in total. The summed E-state index contributed by atoms with van der Waals surface area (Å²) in [5, 5.41) is 7.34. The van der Waals surface area contributed by atoms with Crippen molar-refractivity contribution in [2.45, 2.75) is 70.0 Å². The summed E-state index contributed by atoms with van der Waals surface area (Å²) in [5.41, 5.74) is 0. The minimum atomic E-state index is 0.705. The SMILES string of the molecule is CC(CC1CCCCN1)NC1CCC1. The van der Waals surface area contributed by atoms with Gasteiger partial charge in [-0.25, -0.2) is 0 Å². The van der Waals surface area contributed by atoms with Crippen LogP contribution in [0.15, 0.2) is 0 Å². The van der Waals surface area contributed by atoms with Gasteiger partial charge in [0.2, 0.25) is 0 Å². The van der Waals surface area contributed by atoms with E-state index in [9.17, 15) is 0 Å². The van der Waals surface area contributed by atoms with E-state index < -0.39 is 0 Å². The maximum absolute atomic E-state index is 3.72. The van der Waals surface area contributed by atoms with E-state index in [0.717, 1.165) is 12.1 Å². The summed E-state index contributed by atoms with van der Waals surface area (Å²) in [6.07, 6.45) is 9.75. The minimum Gasteiger partial charge on any atom is -0.314 e. The monoisotopic (exact) mass is 196 g/mol. The van der Waals surface area contributed by atoms with Crippen molar-refractivity contribution < 1.29 is 0 Å². The third-order valence-electron chi connectivity index (χ3n) is 3.68. The Morgan fingerprint density at radius 1 is 1.21 bits per heavy atom. The van der Waals surface area contributed by atoms with Crippen LogP contribution in [0.2, 0.25) is 0 Å². The van der Waals surface area contributed by atoms with Crippen molar-refractivity contribution in [3.8, 4) is 0 Å². The molecule has 0 spiro atoms. The van der Waals surface area contributed by atoms with E-state index in [-0.39, 0.29) is 0 Å². The van der Waals surface area contributed by atoms with Crippen LogP contribution in [0.5, 0.6) is 0 Å². The first-order chi connectivity index (χ1) is 6.84. The zero-order valence-corrected chi connectivity index (χ0v) is 9.39. The standard InChI is InChI=1S/C12H24N2/c1-10(14-11-6-4-7-11)9-12-5-2-3-8-13-12/h10-14H,2-9H2,1H3. The minimum absolute atomic E-state index is 0.705. The molecule has 0 amide bonds. The van der Waals surface area contributed by atoms with Gasteiger partial charge in [-0.1, -0.05) is 12.8 Å². The van der Waals surface area contributed by atoms with Crippen LogP contribution in [-0.4, -0.2) is 24.7 Å². The van der Waals surface area contributed by atoms with Crippen LogP contribution in [-0.2, 0) is 0 Å². The number of rotatable bonds is 4. The largest absolute Gasteiger partial charge is 0.314 e. The fourth-order valence-corrected chi connectivity index (χ4v) is 2.60. The van der Waals surface area contributed by atoms with Gasteiger partial charge in [-0.2, -0.15) is 0 Å². The van der Waals surface area contributed by atoms with Gasteiger partial charge in [0, 0.05) is 18.1 Å². The first kappa shape index (κ1) is 10.4. The predicted octanol–water partition coefficient (Wildman–Crippen LogP) is 2.05. The number of nitrogens with one attached hydrogen (secondary N) is 2. The van der Waals surface area contributed by atoms with Crippen LogP contribution < -0.4 is 10.6 Å². The maximum Gasteiger partial charge on any atom is 0.00817 e. The van der Waals surface area contributed by atoms with Crippen LogP contribution >= 0.6 is 0 Å². The fourth-order valence-electron chi connectivity index (χ4n) is 2.60. The summed E-state index contributed by atoms with van der Waals surface area (Å²) in [4.78, 5) is 0. The van der Waals surface area contributed by atoms with Gasteiger partial charge in [0.1, 0.15) is 0 Å². The zero-order chi connectivity index (χ0) is 9.80. The van der Waals surface area contributed by atoms with Gasteiger partial charge in [0.25, 0.3) is 0 Å². The van der Waals surface area contributed by atoms with E-state index in [0.29, 0.717) is 6.04 Å². The molecule has 2 unspecified atom stereocenters. The van der Waals surface area contributed by atoms with Crippen molar-refractivity contribution >= 4 is 0 Å². The third kappa shape index (κ3) is 2.96. The fraction of sp³-hybridized carbons (Fsp3) is 1.00. The first-order valence-corrected chi connectivity index (χ1v) is 6.34. The second-order valence-corrected chi connectivity index (χ2v) is 5.08. The molecule has 0 bridgehead atoms. The summed E-state index contributed by atoms with van der Waals surface area (Å²) in [6, 6.07) is 2.33. The third-order valence-corrected chi connectivity index (χ3v) is 3.68. The van der Waals surface area contributed by atoms with Gasteiger partial charge in [0.15, 0.2) is 0 Å². The highest BCUT2D eigenvalue weighted by Gasteiger charge is 2.21. The van der Waals surface area contributed by atoms with Crippen LogP contribution in [0.4, 0.5) is 0 Å². The summed E-state index contributed by atoms with van der Waals surface area (Å²) in [5.74, 6) is 0. The van der Waals surface area contributed by atoms with E-state index >= 15 is 0 Å². The molecule has 2 fully saturated rings. The summed E-state index contributed by atoms with van der Waals surface area (Å²) in [7, 11) is 0. The van der Waals surface area contributed by atoms with Crippen molar-refractivity contribution in [1.82, 2.24) is 10.6 Å². The Morgan fingerprint density at radius 3 is 2.64 bits per heavy atom. The van der Waals surface area contributed by atoms with Gasteiger partial charge < -0.3 is 10.6 Å². The Labute approximate surface area is 87.8 Å². The van der Waals surface area contributed by atoms with Crippen LogP contribution in [0.25, 0.3) is 0 Å². The lowest BCUT2D eigenvalue weighted by atomic mass is 9.91. The molecule has 0 radical (unpaired) electrons. The topological polar surface area (TPSA) is 24.1 Å². The summed E-state index contributed by atoms with van der Waals surface area (Å²) in [6.45, 7) is 3.58. The lowest BCUT2D eigenvalue weighted by Gasteiger charge is -2.32. The summed E-state index contributed by atoms with van der Waals surface area (Å²) < 4.78 is 0. The maximum atomic E-state index is 3.72. The van der Waals surface area contributed by atoms with Crippen molar-refractivity contribution in [2.24, 2.45) is 0 Å². The second kappa shape index (κ2) is 5.13. The van der Waals surface area contributed by atoms with E-state index in [1.54, 1.807) is 0 Å². The van der Waals surface area contributed by atoms with Gasteiger partial charge in [-0.05, 0) is 45.6 Å². The molecule has 0 aromatic heterocycles. The van der Waals surface area contributed by atoms with Crippen molar-refractivity contribution in [2.75, 3.05) is 6.54 Å². The Hall–Kier alpha value is -0.0800. The zero-order valence-electron chi connectivity index (χ0n) is 9.39. The quantitative estimate of drug-likeness (QED) is 0.719. The van der Waals surface area contributed by atoms with Gasteiger partial charge in [0.05, 0.1) is 0 Å². The second-order valence-electron chi connectivity index (χ2n) is 5.08. The molecule has 1 aliphatic carbocycles. The van der Waals surface area contributed by atoms with Crippen molar-refractivity contribution in [3.63, 3.8) is 0 Å². The molecule has 1 saturated heterocycles. The normalized spacial score (nSPS) is 31.1. The number of hydrogen-bond acceptors (Lipinski definition) is 2. The van der Waals surface area contributed by atoms with Crippen LogP contribution in [0.3, 0.4) is 0 Å². The number of piperidine rings is 1. The molecule has 2 aliphatic rings. The van der Waals surface area contributed by atoms with E-state index in [2.05, 4.69) is 17.6 Å². The van der Waals surface area contributed by atoms with Gasteiger partial charge >= 0.3 is 0 Å². The molecule has 0 aromatic carbocycles. The van der Waals surface area contributed by atoms with Gasteiger partial charge in [-0.15, -0.1) is 0 Å². The molecule has 0 aromatic rings.